The van der Waals surface area contributed by atoms with Gasteiger partial charge in [-0.05, 0) is 25.7 Å². The third-order valence-electron chi connectivity index (χ3n) is 3.88. The summed E-state index contributed by atoms with van der Waals surface area (Å²) in [5.41, 5.74) is 0. The van der Waals surface area contributed by atoms with Crippen LogP contribution in [0.15, 0.2) is 4.99 Å². The smallest absolute Gasteiger partial charge is 0.191 e. The Hall–Kier alpha value is -0.780. The van der Waals surface area contributed by atoms with E-state index in [1.165, 1.54) is 25.7 Å². The first-order valence-electron chi connectivity index (χ1n) is 8.68. The Morgan fingerprint density at radius 3 is 2.55 bits per heavy atom. The van der Waals surface area contributed by atoms with Crippen LogP contribution in [0.4, 0.5) is 0 Å². The van der Waals surface area contributed by atoms with Crippen molar-refractivity contribution in [2.75, 3.05) is 24.6 Å². The van der Waals surface area contributed by atoms with Gasteiger partial charge in [-0.3, -0.25) is 4.99 Å². The average Bonchev–Trinajstić information content (AvgIpc) is 2.76. The van der Waals surface area contributed by atoms with E-state index >= 15 is 0 Å². The molecular weight excluding hydrogens is 298 g/mol. The first-order chi connectivity index (χ1) is 10.4. The molecule has 1 fully saturated rings. The minimum atomic E-state index is -2.84. The molecule has 0 radical (unpaired) electrons. The standard InChI is InChI=1S/C16H33N3O2S/c1-4-17-16(19-15-10-12-22(20,21)13-15)18-11-8-6-5-7-9-14(2)3/h14-15H,4-13H2,1-3H3,(H2,17,18,19). The van der Waals surface area contributed by atoms with Crippen LogP contribution in [0.3, 0.4) is 0 Å². The van der Waals surface area contributed by atoms with E-state index in [0.717, 1.165) is 31.4 Å². The van der Waals surface area contributed by atoms with Crippen molar-refractivity contribution in [3.8, 4) is 0 Å². The molecule has 0 aromatic carbocycles. The molecule has 22 heavy (non-hydrogen) atoms. The molecule has 0 bridgehead atoms. The van der Waals surface area contributed by atoms with Crippen molar-refractivity contribution in [3.63, 3.8) is 0 Å². The minimum Gasteiger partial charge on any atom is -0.357 e. The summed E-state index contributed by atoms with van der Waals surface area (Å²) in [7, 11) is -2.84. The highest BCUT2D eigenvalue weighted by Crippen LogP contribution is 2.11. The maximum atomic E-state index is 11.5. The molecule has 1 aliphatic heterocycles. The molecule has 0 amide bonds. The lowest BCUT2D eigenvalue weighted by Gasteiger charge is -2.15. The topological polar surface area (TPSA) is 70.6 Å². The summed E-state index contributed by atoms with van der Waals surface area (Å²) in [4.78, 5) is 4.56. The van der Waals surface area contributed by atoms with Crippen LogP contribution in [0.5, 0.6) is 0 Å². The zero-order valence-corrected chi connectivity index (χ0v) is 15.2. The fraction of sp³-hybridized carbons (Fsp3) is 0.938. The van der Waals surface area contributed by atoms with E-state index in [2.05, 4.69) is 29.5 Å². The number of sulfone groups is 1. The van der Waals surface area contributed by atoms with E-state index in [-0.39, 0.29) is 11.8 Å². The second-order valence-electron chi connectivity index (χ2n) is 6.60. The average molecular weight is 332 g/mol. The summed E-state index contributed by atoms with van der Waals surface area (Å²) in [6.45, 7) is 8.15. The fourth-order valence-electron chi connectivity index (χ4n) is 2.63. The molecule has 1 saturated heterocycles. The van der Waals surface area contributed by atoms with Gasteiger partial charge in [0, 0.05) is 19.1 Å². The van der Waals surface area contributed by atoms with Crippen LogP contribution in [0.2, 0.25) is 0 Å². The van der Waals surface area contributed by atoms with Crippen LogP contribution in [0.1, 0.15) is 59.3 Å². The highest BCUT2D eigenvalue weighted by Gasteiger charge is 2.28. The van der Waals surface area contributed by atoms with Crippen LogP contribution in [0.25, 0.3) is 0 Å². The Kier molecular flexibility index (Phi) is 8.83. The lowest BCUT2D eigenvalue weighted by Crippen LogP contribution is -2.44. The SMILES string of the molecule is CCNC(=NCCCCCCC(C)C)NC1CCS(=O)(=O)C1. The van der Waals surface area contributed by atoms with Gasteiger partial charge < -0.3 is 10.6 Å². The van der Waals surface area contributed by atoms with E-state index in [1.807, 2.05) is 6.92 Å². The summed E-state index contributed by atoms with van der Waals surface area (Å²) < 4.78 is 23.0. The minimum absolute atomic E-state index is 0.00819. The fourth-order valence-corrected chi connectivity index (χ4v) is 4.30. The van der Waals surface area contributed by atoms with Gasteiger partial charge in [-0.1, -0.05) is 39.5 Å². The first kappa shape index (κ1) is 19.3. The molecule has 6 heteroatoms. The molecular formula is C16H33N3O2S. The van der Waals surface area contributed by atoms with Crippen molar-refractivity contribution in [2.45, 2.75) is 65.3 Å². The second-order valence-corrected chi connectivity index (χ2v) is 8.83. The van der Waals surface area contributed by atoms with Crippen LogP contribution in [-0.2, 0) is 9.84 Å². The Bertz CT molecular complexity index is 433. The largest absolute Gasteiger partial charge is 0.357 e. The Balaban J connectivity index is 2.24. The Labute approximate surface area is 136 Å². The van der Waals surface area contributed by atoms with E-state index in [1.54, 1.807) is 0 Å². The number of hydrogen-bond donors (Lipinski definition) is 2. The summed E-state index contributed by atoms with van der Waals surface area (Å²) in [5, 5.41) is 6.45. The number of aliphatic imine (C=N–C) groups is 1. The zero-order valence-electron chi connectivity index (χ0n) is 14.4. The lowest BCUT2D eigenvalue weighted by atomic mass is 10.0. The van der Waals surface area contributed by atoms with E-state index < -0.39 is 9.84 Å². The van der Waals surface area contributed by atoms with Crippen molar-refractivity contribution < 1.29 is 8.42 Å². The van der Waals surface area contributed by atoms with Gasteiger partial charge in [0.15, 0.2) is 15.8 Å². The normalized spacial score (nSPS) is 21.3. The monoisotopic (exact) mass is 331 g/mol. The van der Waals surface area contributed by atoms with Gasteiger partial charge in [-0.25, -0.2) is 8.42 Å². The summed E-state index contributed by atoms with van der Waals surface area (Å²) in [6.07, 6.45) is 6.88. The summed E-state index contributed by atoms with van der Waals surface area (Å²) >= 11 is 0. The molecule has 5 nitrogen and oxygen atoms in total. The number of unbranched alkanes of at least 4 members (excludes halogenated alkanes) is 3. The van der Waals surface area contributed by atoms with Gasteiger partial charge >= 0.3 is 0 Å². The molecule has 0 spiro atoms. The summed E-state index contributed by atoms with van der Waals surface area (Å²) in [6, 6.07) is 0.00819. The van der Waals surface area contributed by atoms with Crippen molar-refractivity contribution >= 4 is 15.8 Å². The maximum Gasteiger partial charge on any atom is 0.191 e. The van der Waals surface area contributed by atoms with Gasteiger partial charge in [-0.2, -0.15) is 0 Å². The lowest BCUT2D eigenvalue weighted by molar-refractivity contribution is 0.521. The Morgan fingerprint density at radius 2 is 1.95 bits per heavy atom. The van der Waals surface area contributed by atoms with E-state index in [4.69, 9.17) is 0 Å². The van der Waals surface area contributed by atoms with Crippen LogP contribution in [-0.4, -0.2) is 45.0 Å². The molecule has 1 unspecified atom stereocenters. The van der Waals surface area contributed by atoms with Crippen LogP contribution in [0, 0.1) is 5.92 Å². The predicted molar refractivity (Wildman–Crippen MR) is 94.1 cm³/mol. The van der Waals surface area contributed by atoms with Crippen molar-refractivity contribution in [3.05, 3.63) is 0 Å². The number of nitrogens with one attached hydrogen (secondary N) is 2. The molecule has 130 valence electrons. The molecule has 1 rings (SSSR count). The molecule has 0 aromatic rings. The molecule has 0 aliphatic carbocycles. The second kappa shape index (κ2) is 10.1. The molecule has 1 atom stereocenters. The van der Waals surface area contributed by atoms with Gasteiger partial charge in [-0.15, -0.1) is 0 Å². The van der Waals surface area contributed by atoms with Gasteiger partial charge in [0.25, 0.3) is 0 Å². The first-order valence-corrected chi connectivity index (χ1v) is 10.5. The number of guanidine groups is 1. The molecule has 0 saturated carbocycles. The maximum absolute atomic E-state index is 11.5. The number of nitrogens with zero attached hydrogens (tertiary/aromatic N) is 1. The zero-order chi connectivity index (χ0) is 16.4. The van der Waals surface area contributed by atoms with E-state index in [0.29, 0.717) is 12.2 Å². The predicted octanol–water partition coefficient (Wildman–Crippen LogP) is 2.34. The number of rotatable bonds is 9. The number of hydrogen-bond acceptors (Lipinski definition) is 3. The highest BCUT2D eigenvalue weighted by molar-refractivity contribution is 7.91. The van der Waals surface area contributed by atoms with Crippen molar-refractivity contribution in [1.29, 1.82) is 0 Å². The van der Waals surface area contributed by atoms with Crippen LogP contribution >= 0.6 is 0 Å². The molecule has 2 N–H and O–H groups in total. The quantitative estimate of drug-likeness (QED) is 0.386. The third kappa shape index (κ3) is 8.61. The van der Waals surface area contributed by atoms with Crippen molar-refractivity contribution in [1.82, 2.24) is 10.6 Å². The van der Waals surface area contributed by atoms with Gasteiger partial charge in [0.05, 0.1) is 11.5 Å². The molecule has 0 aromatic heterocycles. The molecule has 1 heterocycles. The third-order valence-corrected chi connectivity index (χ3v) is 5.64. The summed E-state index contributed by atoms with van der Waals surface area (Å²) in [5.74, 6) is 2.07. The molecule has 1 aliphatic rings. The highest BCUT2D eigenvalue weighted by atomic mass is 32.2. The van der Waals surface area contributed by atoms with Gasteiger partial charge in [0.1, 0.15) is 0 Å². The Morgan fingerprint density at radius 1 is 1.23 bits per heavy atom. The van der Waals surface area contributed by atoms with Crippen LogP contribution < -0.4 is 10.6 Å². The van der Waals surface area contributed by atoms with E-state index in [9.17, 15) is 8.42 Å². The van der Waals surface area contributed by atoms with Crippen molar-refractivity contribution in [2.24, 2.45) is 10.9 Å². The van der Waals surface area contributed by atoms with Gasteiger partial charge in [0.2, 0.25) is 0 Å².